The van der Waals surface area contributed by atoms with Gasteiger partial charge in [0.2, 0.25) is 10.0 Å². The van der Waals surface area contributed by atoms with E-state index in [4.69, 9.17) is 5.11 Å². The molecule has 1 rings (SSSR count). The maximum Gasteiger partial charge on any atom is 0.241 e. The molecule has 1 unspecified atom stereocenters. The van der Waals surface area contributed by atoms with E-state index in [0.717, 1.165) is 6.42 Å². The first kappa shape index (κ1) is 15.0. The third kappa shape index (κ3) is 4.26. The lowest BCUT2D eigenvalue weighted by molar-refractivity contribution is 0.282. The van der Waals surface area contributed by atoms with E-state index in [1.165, 1.54) is 17.4 Å². The van der Waals surface area contributed by atoms with E-state index >= 15 is 0 Å². The zero-order valence-corrected chi connectivity index (χ0v) is 12.3. The van der Waals surface area contributed by atoms with Crippen molar-refractivity contribution in [2.24, 2.45) is 0 Å². The van der Waals surface area contributed by atoms with Crippen molar-refractivity contribution in [1.29, 1.82) is 0 Å². The fourth-order valence-corrected chi connectivity index (χ4v) is 3.97. The van der Waals surface area contributed by atoms with Crippen molar-refractivity contribution in [1.82, 2.24) is 4.72 Å². The Balaban J connectivity index is 2.63. The Morgan fingerprint density at radius 1 is 1.59 bits per heavy atom. The van der Waals surface area contributed by atoms with Gasteiger partial charge in [-0.25, -0.2) is 13.1 Å². The topological polar surface area (TPSA) is 66.4 Å². The van der Waals surface area contributed by atoms with Crippen LogP contribution in [0.25, 0.3) is 0 Å². The molecule has 1 atom stereocenters. The second-order valence-electron chi connectivity index (χ2n) is 3.60. The van der Waals surface area contributed by atoms with Gasteiger partial charge in [0.05, 0.1) is 11.5 Å². The third-order valence-corrected chi connectivity index (χ3v) is 6.00. The van der Waals surface area contributed by atoms with E-state index in [2.05, 4.69) is 11.6 Å². The van der Waals surface area contributed by atoms with Crippen LogP contribution in [0.5, 0.6) is 0 Å². The van der Waals surface area contributed by atoms with Gasteiger partial charge in [0.1, 0.15) is 0 Å². The van der Waals surface area contributed by atoms with Crippen LogP contribution in [0.4, 0.5) is 0 Å². The van der Waals surface area contributed by atoms with E-state index in [9.17, 15) is 8.42 Å². The van der Waals surface area contributed by atoms with Gasteiger partial charge in [-0.15, -0.1) is 11.3 Å². The Labute approximate surface area is 110 Å². The summed E-state index contributed by atoms with van der Waals surface area (Å²) in [6.45, 7) is 2.24. The monoisotopic (exact) mass is 295 g/mol. The lowest BCUT2D eigenvalue weighted by Gasteiger charge is -2.09. The van der Waals surface area contributed by atoms with Crippen LogP contribution >= 0.6 is 23.1 Å². The highest BCUT2D eigenvalue weighted by atomic mass is 32.2. The van der Waals surface area contributed by atoms with E-state index in [-0.39, 0.29) is 11.5 Å². The fraction of sp³-hybridized carbons (Fsp3) is 0.600. The molecule has 0 fully saturated rings. The molecule has 0 aliphatic rings. The van der Waals surface area contributed by atoms with Crippen molar-refractivity contribution >= 4 is 33.1 Å². The SMILES string of the molecule is CSC(C)CCNS(=O)(=O)c1ccsc1CO. The molecule has 0 aromatic carbocycles. The minimum Gasteiger partial charge on any atom is -0.391 e. The fourth-order valence-electron chi connectivity index (χ4n) is 1.28. The summed E-state index contributed by atoms with van der Waals surface area (Å²) in [5, 5.41) is 11.1. The highest BCUT2D eigenvalue weighted by molar-refractivity contribution is 7.99. The third-order valence-electron chi connectivity index (χ3n) is 2.38. The van der Waals surface area contributed by atoms with Crippen molar-refractivity contribution in [3.63, 3.8) is 0 Å². The number of thiophene rings is 1. The first-order chi connectivity index (χ1) is 8.01. The Hall–Kier alpha value is -0.0800. The summed E-state index contributed by atoms with van der Waals surface area (Å²) < 4.78 is 26.4. The number of aliphatic hydroxyl groups excluding tert-OH is 1. The summed E-state index contributed by atoms with van der Waals surface area (Å²) in [7, 11) is -3.47. The lowest BCUT2D eigenvalue weighted by atomic mass is 10.3. The number of sulfonamides is 1. The largest absolute Gasteiger partial charge is 0.391 e. The average molecular weight is 295 g/mol. The molecule has 1 heterocycles. The molecule has 0 amide bonds. The number of aliphatic hydroxyl groups is 1. The Morgan fingerprint density at radius 2 is 2.29 bits per heavy atom. The van der Waals surface area contributed by atoms with Crippen molar-refractivity contribution in [3.05, 3.63) is 16.3 Å². The zero-order valence-electron chi connectivity index (χ0n) is 9.84. The molecule has 2 N–H and O–H groups in total. The summed E-state index contributed by atoms with van der Waals surface area (Å²) in [6, 6.07) is 1.52. The molecule has 0 saturated carbocycles. The van der Waals surface area contributed by atoms with Crippen molar-refractivity contribution < 1.29 is 13.5 Å². The first-order valence-corrected chi connectivity index (χ1v) is 8.86. The molecule has 4 nitrogen and oxygen atoms in total. The van der Waals surface area contributed by atoms with Gasteiger partial charge in [0.15, 0.2) is 0 Å². The number of thioether (sulfide) groups is 1. The van der Waals surface area contributed by atoms with Crippen molar-refractivity contribution in [2.45, 2.75) is 30.1 Å². The van der Waals surface area contributed by atoms with Gasteiger partial charge in [-0.1, -0.05) is 6.92 Å². The minimum atomic E-state index is -3.47. The number of rotatable bonds is 7. The van der Waals surface area contributed by atoms with Gasteiger partial charge < -0.3 is 5.11 Å². The zero-order chi connectivity index (χ0) is 12.9. The molecule has 0 aliphatic carbocycles. The number of nitrogens with one attached hydrogen (secondary N) is 1. The van der Waals surface area contributed by atoms with Crippen LogP contribution in [0.15, 0.2) is 16.3 Å². The van der Waals surface area contributed by atoms with Crippen LogP contribution in [0.1, 0.15) is 18.2 Å². The van der Waals surface area contributed by atoms with Crippen molar-refractivity contribution in [3.8, 4) is 0 Å². The number of hydrogen-bond acceptors (Lipinski definition) is 5. The molecule has 0 bridgehead atoms. The van der Waals surface area contributed by atoms with Gasteiger partial charge in [0, 0.05) is 16.7 Å². The van der Waals surface area contributed by atoms with Crippen LogP contribution in [0.2, 0.25) is 0 Å². The Kier molecular flexibility index (Phi) is 5.94. The van der Waals surface area contributed by atoms with Crippen LogP contribution in [-0.2, 0) is 16.6 Å². The second kappa shape index (κ2) is 6.75. The highest BCUT2D eigenvalue weighted by Crippen LogP contribution is 2.21. The maximum atomic E-state index is 11.9. The first-order valence-electron chi connectivity index (χ1n) is 5.21. The lowest BCUT2D eigenvalue weighted by Crippen LogP contribution is -2.26. The second-order valence-corrected chi connectivity index (χ2v) is 7.61. The van der Waals surface area contributed by atoms with Crippen LogP contribution in [-0.4, -0.2) is 31.6 Å². The molecular weight excluding hydrogens is 278 g/mol. The predicted octanol–water partition coefficient (Wildman–Crippen LogP) is 1.66. The summed E-state index contributed by atoms with van der Waals surface area (Å²) in [5.41, 5.74) is 0. The standard InChI is InChI=1S/C10H17NO3S3/c1-8(15-2)3-5-11-17(13,14)10-4-6-16-9(10)7-12/h4,6,8,11-12H,3,5,7H2,1-2H3. The van der Waals surface area contributed by atoms with E-state index in [0.29, 0.717) is 16.7 Å². The molecule has 98 valence electrons. The number of hydrogen-bond donors (Lipinski definition) is 2. The quantitative estimate of drug-likeness (QED) is 0.803. The van der Waals surface area contributed by atoms with Crippen molar-refractivity contribution in [2.75, 3.05) is 12.8 Å². The summed E-state index contributed by atoms with van der Waals surface area (Å²) >= 11 is 2.96. The van der Waals surface area contributed by atoms with Gasteiger partial charge in [-0.05, 0) is 24.1 Å². The van der Waals surface area contributed by atoms with Gasteiger partial charge in [-0.2, -0.15) is 11.8 Å². The van der Waals surface area contributed by atoms with E-state index in [1.807, 2.05) is 6.26 Å². The van der Waals surface area contributed by atoms with Crippen LogP contribution in [0.3, 0.4) is 0 Å². The molecule has 0 spiro atoms. The molecule has 7 heteroatoms. The molecular formula is C10H17NO3S3. The summed E-state index contributed by atoms with van der Waals surface area (Å²) in [6.07, 6.45) is 2.79. The van der Waals surface area contributed by atoms with Crippen LogP contribution in [0, 0.1) is 0 Å². The van der Waals surface area contributed by atoms with Crippen LogP contribution < -0.4 is 4.72 Å². The molecule has 0 aliphatic heterocycles. The maximum absolute atomic E-state index is 11.9. The molecule has 1 aromatic rings. The van der Waals surface area contributed by atoms with Gasteiger partial charge in [-0.3, -0.25) is 0 Å². The van der Waals surface area contributed by atoms with Gasteiger partial charge in [0.25, 0.3) is 0 Å². The normalized spacial score (nSPS) is 13.8. The summed E-state index contributed by atoms with van der Waals surface area (Å²) in [4.78, 5) is 0.678. The highest BCUT2D eigenvalue weighted by Gasteiger charge is 2.18. The average Bonchev–Trinajstić information content (AvgIpc) is 2.77. The Morgan fingerprint density at radius 3 is 2.88 bits per heavy atom. The molecule has 1 aromatic heterocycles. The van der Waals surface area contributed by atoms with E-state index < -0.39 is 10.0 Å². The molecule has 0 radical (unpaired) electrons. The summed E-state index contributed by atoms with van der Waals surface area (Å²) in [5.74, 6) is 0. The Bertz CT molecular complexity index is 441. The molecule has 0 saturated heterocycles. The minimum absolute atomic E-state index is 0.196. The molecule has 17 heavy (non-hydrogen) atoms. The smallest absolute Gasteiger partial charge is 0.241 e. The predicted molar refractivity (Wildman–Crippen MR) is 73.0 cm³/mol. The van der Waals surface area contributed by atoms with Gasteiger partial charge >= 0.3 is 0 Å². The van der Waals surface area contributed by atoms with E-state index in [1.54, 1.807) is 17.1 Å².